The average Bonchev–Trinajstić information content (AvgIpc) is 2.98. The van der Waals surface area contributed by atoms with Crippen LogP contribution in [0.2, 0.25) is 5.02 Å². The molecule has 2 aromatic heterocycles. The molecule has 0 bridgehead atoms. The van der Waals surface area contributed by atoms with E-state index in [1.165, 1.54) is 18.5 Å². The van der Waals surface area contributed by atoms with Gasteiger partial charge in [-0.05, 0) is 30.3 Å². The van der Waals surface area contributed by atoms with Crippen LogP contribution in [-0.4, -0.2) is 19.3 Å². The summed E-state index contributed by atoms with van der Waals surface area (Å²) in [6, 6.07) is 10.2. The first-order valence-corrected chi connectivity index (χ1v) is 7.06. The number of aromatic nitrogens is 3. The first-order valence-electron chi connectivity index (χ1n) is 6.68. The number of nitro groups is 1. The predicted octanol–water partition coefficient (Wildman–Crippen LogP) is 2.64. The third-order valence-electron chi connectivity index (χ3n) is 3.23. The minimum absolute atomic E-state index is 0.321. The van der Waals surface area contributed by atoms with Crippen molar-refractivity contribution >= 4 is 17.3 Å². The lowest BCUT2D eigenvalue weighted by molar-refractivity contribution is -0.386. The van der Waals surface area contributed by atoms with Crippen molar-refractivity contribution in [1.29, 1.82) is 0 Å². The lowest BCUT2D eigenvalue weighted by atomic mass is 10.3. The molecule has 3 rings (SSSR count). The quantitative estimate of drug-likeness (QED) is 0.544. The molecule has 0 spiro atoms. The molecular weight excluding hydrogens is 320 g/mol. The van der Waals surface area contributed by atoms with E-state index in [2.05, 4.69) is 5.10 Å². The fourth-order valence-corrected chi connectivity index (χ4v) is 2.24. The maximum absolute atomic E-state index is 11.4. The van der Waals surface area contributed by atoms with Gasteiger partial charge in [0.2, 0.25) is 0 Å². The van der Waals surface area contributed by atoms with Gasteiger partial charge in [-0.3, -0.25) is 14.9 Å². The Labute approximate surface area is 135 Å². The molecule has 0 radical (unpaired) electrons. The number of pyridine rings is 1. The van der Waals surface area contributed by atoms with E-state index in [0.717, 1.165) is 5.69 Å². The SMILES string of the molecule is O=c1ccn(Cc2ccn(-c3ccc(Cl)cc3)n2)cc1[N+](=O)[O-]. The molecular formula is C15H11ClN4O3. The van der Waals surface area contributed by atoms with Crippen LogP contribution in [0.1, 0.15) is 5.69 Å². The molecule has 0 amide bonds. The monoisotopic (exact) mass is 330 g/mol. The Balaban J connectivity index is 1.84. The Bertz CT molecular complexity index is 915. The number of rotatable bonds is 4. The number of halogens is 1. The largest absolute Gasteiger partial charge is 0.342 e. The van der Waals surface area contributed by atoms with Crippen LogP contribution in [0.3, 0.4) is 0 Å². The lowest BCUT2D eigenvalue weighted by Crippen LogP contribution is -2.11. The summed E-state index contributed by atoms with van der Waals surface area (Å²) in [6.45, 7) is 0.321. The van der Waals surface area contributed by atoms with Gasteiger partial charge in [-0.1, -0.05) is 11.6 Å². The summed E-state index contributed by atoms with van der Waals surface area (Å²) in [5.74, 6) is 0. The van der Waals surface area contributed by atoms with Crippen molar-refractivity contribution in [3.8, 4) is 5.69 Å². The summed E-state index contributed by atoms with van der Waals surface area (Å²) in [7, 11) is 0. The Hall–Kier alpha value is -2.93. The zero-order chi connectivity index (χ0) is 16.4. The van der Waals surface area contributed by atoms with Crippen molar-refractivity contribution < 1.29 is 4.92 Å². The van der Waals surface area contributed by atoms with Crippen molar-refractivity contribution in [2.75, 3.05) is 0 Å². The van der Waals surface area contributed by atoms with Gasteiger partial charge in [0.05, 0.1) is 29.0 Å². The first kappa shape index (κ1) is 15.0. The van der Waals surface area contributed by atoms with Gasteiger partial charge in [-0.25, -0.2) is 4.68 Å². The molecule has 0 aliphatic heterocycles. The second-order valence-electron chi connectivity index (χ2n) is 4.85. The number of nitrogens with zero attached hydrogens (tertiary/aromatic N) is 4. The molecule has 0 N–H and O–H groups in total. The van der Waals surface area contributed by atoms with E-state index in [9.17, 15) is 14.9 Å². The fourth-order valence-electron chi connectivity index (χ4n) is 2.12. The topological polar surface area (TPSA) is 83.0 Å². The van der Waals surface area contributed by atoms with Crippen molar-refractivity contribution in [1.82, 2.24) is 14.3 Å². The molecule has 1 aromatic carbocycles. The minimum atomic E-state index is -0.689. The van der Waals surface area contributed by atoms with E-state index in [4.69, 9.17) is 11.6 Å². The lowest BCUT2D eigenvalue weighted by Gasteiger charge is -2.04. The summed E-state index contributed by atoms with van der Waals surface area (Å²) in [4.78, 5) is 21.5. The van der Waals surface area contributed by atoms with Gasteiger partial charge in [-0.15, -0.1) is 0 Å². The first-order chi connectivity index (χ1) is 11.0. The fraction of sp³-hybridized carbons (Fsp3) is 0.0667. The third-order valence-corrected chi connectivity index (χ3v) is 3.49. The summed E-state index contributed by atoms with van der Waals surface area (Å²) in [5, 5.41) is 15.9. The summed E-state index contributed by atoms with van der Waals surface area (Å²) in [6.07, 6.45) is 4.50. The van der Waals surface area contributed by atoms with Crippen LogP contribution < -0.4 is 5.43 Å². The normalized spacial score (nSPS) is 10.7. The van der Waals surface area contributed by atoms with Crippen LogP contribution in [0, 0.1) is 10.1 Å². The van der Waals surface area contributed by atoms with E-state index >= 15 is 0 Å². The zero-order valence-corrected chi connectivity index (χ0v) is 12.6. The number of hydrogen-bond acceptors (Lipinski definition) is 4. The van der Waals surface area contributed by atoms with E-state index < -0.39 is 16.0 Å². The molecule has 0 fully saturated rings. The highest BCUT2D eigenvalue weighted by Gasteiger charge is 2.12. The van der Waals surface area contributed by atoms with Gasteiger partial charge in [0.1, 0.15) is 0 Å². The number of hydrogen-bond donors (Lipinski definition) is 0. The van der Waals surface area contributed by atoms with Crippen LogP contribution in [-0.2, 0) is 6.54 Å². The standard InChI is InChI=1S/C15H11ClN4O3/c16-11-1-3-13(4-2-11)19-8-5-12(17-19)9-18-7-6-15(21)14(10-18)20(22)23/h1-8,10H,9H2. The highest BCUT2D eigenvalue weighted by Crippen LogP contribution is 2.13. The maximum Gasteiger partial charge on any atom is 0.332 e. The van der Waals surface area contributed by atoms with Gasteiger partial charge < -0.3 is 4.57 Å². The molecule has 0 saturated heterocycles. The van der Waals surface area contributed by atoms with Gasteiger partial charge in [0.25, 0.3) is 5.43 Å². The summed E-state index contributed by atoms with van der Waals surface area (Å²) in [5.41, 5.74) is 0.493. The third kappa shape index (κ3) is 3.29. The van der Waals surface area contributed by atoms with Gasteiger partial charge in [0, 0.05) is 23.5 Å². The molecule has 0 unspecified atom stereocenters. The second kappa shape index (κ2) is 6.05. The summed E-state index contributed by atoms with van der Waals surface area (Å²) < 4.78 is 3.23. The van der Waals surface area contributed by atoms with Gasteiger partial charge in [-0.2, -0.15) is 5.10 Å². The van der Waals surface area contributed by atoms with Crippen molar-refractivity contribution in [2.45, 2.75) is 6.54 Å². The van der Waals surface area contributed by atoms with E-state index in [1.54, 1.807) is 33.6 Å². The number of benzene rings is 1. The average molecular weight is 331 g/mol. The maximum atomic E-state index is 11.4. The van der Waals surface area contributed by atoms with Gasteiger partial charge >= 0.3 is 5.69 Å². The Morgan fingerprint density at radius 1 is 1.13 bits per heavy atom. The van der Waals surface area contributed by atoms with Crippen molar-refractivity contribution in [2.24, 2.45) is 0 Å². The van der Waals surface area contributed by atoms with E-state index in [1.807, 2.05) is 12.1 Å². The molecule has 8 heteroatoms. The van der Waals surface area contributed by atoms with Crippen molar-refractivity contribution in [3.63, 3.8) is 0 Å². The van der Waals surface area contributed by atoms with Crippen LogP contribution in [0.5, 0.6) is 0 Å². The van der Waals surface area contributed by atoms with Crippen LogP contribution >= 0.6 is 11.6 Å². The van der Waals surface area contributed by atoms with Crippen molar-refractivity contribution in [3.05, 3.63) is 86.0 Å². The molecule has 0 saturated carbocycles. The highest BCUT2D eigenvalue weighted by molar-refractivity contribution is 6.30. The molecule has 7 nitrogen and oxygen atoms in total. The van der Waals surface area contributed by atoms with Crippen LogP contribution in [0.4, 0.5) is 5.69 Å². The minimum Gasteiger partial charge on any atom is -0.342 e. The van der Waals surface area contributed by atoms with E-state index in [-0.39, 0.29) is 0 Å². The Morgan fingerprint density at radius 2 is 1.87 bits per heavy atom. The molecule has 3 aromatic rings. The molecule has 2 heterocycles. The molecule has 0 atom stereocenters. The molecule has 116 valence electrons. The summed E-state index contributed by atoms with van der Waals surface area (Å²) >= 11 is 5.85. The predicted molar refractivity (Wildman–Crippen MR) is 85.0 cm³/mol. The van der Waals surface area contributed by atoms with E-state index in [0.29, 0.717) is 17.3 Å². The highest BCUT2D eigenvalue weighted by atomic mass is 35.5. The zero-order valence-electron chi connectivity index (χ0n) is 11.8. The second-order valence-corrected chi connectivity index (χ2v) is 5.29. The molecule has 0 aliphatic rings. The Morgan fingerprint density at radius 3 is 2.57 bits per heavy atom. The van der Waals surface area contributed by atoms with Crippen LogP contribution in [0.15, 0.2) is 59.8 Å². The molecule has 0 aliphatic carbocycles. The molecule has 23 heavy (non-hydrogen) atoms. The van der Waals surface area contributed by atoms with Crippen LogP contribution in [0.25, 0.3) is 5.69 Å². The smallest absolute Gasteiger partial charge is 0.332 e. The van der Waals surface area contributed by atoms with Gasteiger partial charge in [0.15, 0.2) is 0 Å². The Kier molecular flexibility index (Phi) is 3.94.